The zero-order chi connectivity index (χ0) is 22.0. The number of ether oxygens (including phenoxy) is 3. The Bertz CT molecular complexity index is 1080. The van der Waals surface area contributed by atoms with Crippen LogP contribution in [0, 0.1) is 0 Å². The van der Waals surface area contributed by atoms with Gasteiger partial charge >= 0.3 is 0 Å². The molecular formula is C22H22ClN3O5. The molecule has 1 saturated heterocycles. The van der Waals surface area contributed by atoms with E-state index in [1.807, 2.05) is 12.1 Å². The highest BCUT2D eigenvalue weighted by molar-refractivity contribution is 6.30. The van der Waals surface area contributed by atoms with E-state index in [1.165, 1.54) is 21.3 Å². The molecule has 0 saturated carbocycles. The maximum Gasteiger partial charge on any atom is 0.254 e. The summed E-state index contributed by atoms with van der Waals surface area (Å²) in [5.74, 6) is 1.92. The number of amides is 1. The van der Waals surface area contributed by atoms with Crippen LogP contribution in [0.4, 0.5) is 0 Å². The van der Waals surface area contributed by atoms with E-state index in [4.69, 9.17) is 30.3 Å². The summed E-state index contributed by atoms with van der Waals surface area (Å²) in [5, 5.41) is 4.66. The fourth-order valence-corrected chi connectivity index (χ4v) is 3.94. The van der Waals surface area contributed by atoms with Gasteiger partial charge in [0.15, 0.2) is 11.5 Å². The lowest BCUT2D eigenvalue weighted by atomic mass is 10.1. The fourth-order valence-electron chi connectivity index (χ4n) is 3.75. The minimum Gasteiger partial charge on any atom is -0.493 e. The van der Waals surface area contributed by atoms with Crippen LogP contribution in [0.2, 0.25) is 5.02 Å². The largest absolute Gasteiger partial charge is 0.493 e. The summed E-state index contributed by atoms with van der Waals surface area (Å²) in [6, 6.07) is 10.2. The number of methoxy groups -OCH3 is 3. The Kier molecular flexibility index (Phi) is 5.99. The highest BCUT2D eigenvalue weighted by Crippen LogP contribution is 2.40. The van der Waals surface area contributed by atoms with Gasteiger partial charge in [-0.2, -0.15) is 4.98 Å². The summed E-state index contributed by atoms with van der Waals surface area (Å²) in [6.45, 7) is 0.578. The van der Waals surface area contributed by atoms with Crippen LogP contribution < -0.4 is 14.2 Å². The van der Waals surface area contributed by atoms with Crippen molar-refractivity contribution in [2.45, 2.75) is 18.9 Å². The number of hydrogen-bond acceptors (Lipinski definition) is 7. The monoisotopic (exact) mass is 443 g/mol. The summed E-state index contributed by atoms with van der Waals surface area (Å²) in [4.78, 5) is 19.6. The number of likely N-dealkylation sites (tertiary alicyclic amines) is 1. The van der Waals surface area contributed by atoms with Crippen molar-refractivity contribution >= 4 is 17.5 Å². The minimum atomic E-state index is -0.313. The first-order valence-corrected chi connectivity index (χ1v) is 10.1. The first-order chi connectivity index (χ1) is 15.0. The number of halogens is 1. The van der Waals surface area contributed by atoms with Crippen LogP contribution in [0.5, 0.6) is 17.2 Å². The number of aromatic nitrogens is 2. The Hall–Kier alpha value is -3.26. The Morgan fingerprint density at radius 1 is 1.13 bits per heavy atom. The van der Waals surface area contributed by atoms with E-state index in [0.29, 0.717) is 46.1 Å². The summed E-state index contributed by atoms with van der Waals surface area (Å²) in [7, 11) is 4.55. The maximum atomic E-state index is 13.4. The molecule has 2 heterocycles. The number of benzene rings is 2. The van der Waals surface area contributed by atoms with Crippen LogP contribution in [0.1, 0.15) is 35.1 Å². The van der Waals surface area contributed by atoms with E-state index in [2.05, 4.69) is 10.1 Å². The van der Waals surface area contributed by atoms with Gasteiger partial charge in [-0.05, 0) is 37.1 Å². The molecule has 0 unspecified atom stereocenters. The third-order valence-corrected chi connectivity index (χ3v) is 5.47. The molecule has 2 aromatic carbocycles. The van der Waals surface area contributed by atoms with Gasteiger partial charge in [0.25, 0.3) is 5.91 Å². The zero-order valence-corrected chi connectivity index (χ0v) is 18.2. The predicted molar refractivity (Wildman–Crippen MR) is 114 cm³/mol. The molecule has 9 heteroatoms. The van der Waals surface area contributed by atoms with Crippen molar-refractivity contribution < 1.29 is 23.5 Å². The normalized spacial score (nSPS) is 15.7. The third-order valence-electron chi connectivity index (χ3n) is 5.23. The molecular weight excluding hydrogens is 422 g/mol. The smallest absolute Gasteiger partial charge is 0.254 e. The average molecular weight is 444 g/mol. The predicted octanol–water partition coefficient (Wildman–Crippen LogP) is 4.39. The molecule has 0 aliphatic carbocycles. The van der Waals surface area contributed by atoms with Crippen LogP contribution in [-0.2, 0) is 0 Å². The SMILES string of the molecule is COc1cc(C(=O)N2CCC[C@H]2c2nc(-c3cccc(Cl)c3)no2)cc(OC)c1OC. The van der Waals surface area contributed by atoms with E-state index in [9.17, 15) is 4.79 Å². The van der Waals surface area contributed by atoms with Crippen LogP contribution in [0.3, 0.4) is 0 Å². The molecule has 1 fully saturated rings. The van der Waals surface area contributed by atoms with Gasteiger partial charge in [0.1, 0.15) is 6.04 Å². The quantitative estimate of drug-likeness (QED) is 0.558. The van der Waals surface area contributed by atoms with Gasteiger partial charge in [-0.15, -0.1) is 0 Å². The first kappa shape index (κ1) is 21.0. The molecule has 1 aliphatic rings. The molecule has 8 nitrogen and oxygen atoms in total. The summed E-state index contributed by atoms with van der Waals surface area (Å²) < 4.78 is 21.6. The van der Waals surface area contributed by atoms with Gasteiger partial charge in [0, 0.05) is 22.7 Å². The minimum absolute atomic E-state index is 0.177. The molecule has 4 rings (SSSR count). The second-order valence-electron chi connectivity index (χ2n) is 7.04. The highest BCUT2D eigenvalue weighted by Gasteiger charge is 2.35. The molecule has 1 amide bonds. The van der Waals surface area contributed by atoms with E-state index in [0.717, 1.165) is 18.4 Å². The van der Waals surface area contributed by atoms with Gasteiger partial charge in [0.2, 0.25) is 17.5 Å². The zero-order valence-electron chi connectivity index (χ0n) is 17.4. The molecule has 1 aromatic heterocycles. The van der Waals surface area contributed by atoms with Gasteiger partial charge in [-0.25, -0.2) is 0 Å². The van der Waals surface area contributed by atoms with Crippen LogP contribution in [0.25, 0.3) is 11.4 Å². The van der Waals surface area contributed by atoms with Gasteiger partial charge in [-0.1, -0.05) is 28.9 Å². The van der Waals surface area contributed by atoms with E-state index >= 15 is 0 Å². The Labute approximate surface area is 184 Å². The second kappa shape index (κ2) is 8.85. The molecule has 1 aliphatic heterocycles. The first-order valence-electron chi connectivity index (χ1n) is 9.76. The van der Waals surface area contributed by atoms with Crippen molar-refractivity contribution in [3.63, 3.8) is 0 Å². The summed E-state index contributed by atoms with van der Waals surface area (Å²) in [5.41, 5.74) is 1.18. The fraction of sp³-hybridized carbons (Fsp3) is 0.318. The van der Waals surface area contributed by atoms with Crippen LogP contribution in [0.15, 0.2) is 40.9 Å². The number of hydrogen-bond donors (Lipinski definition) is 0. The summed E-state index contributed by atoms with van der Waals surface area (Å²) >= 11 is 6.06. The van der Waals surface area contributed by atoms with Crippen molar-refractivity contribution in [2.75, 3.05) is 27.9 Å². The lowest BCUT2D eigenvalue weighted by molar-refractivity contribution is 0.0709. The van der Waals surface area contributed by atoms with Crippen molar-refractivity contribution in [1.82, 2.24) is 15.0 Å². The van der Waals surface area contributed by atoms with Crippen molar-refractivity contribution in [3.8, 4) is 28.6 Å². The molecule has 0 bridgehead atoms. The van der Waals surface area contributed by atoms with Crippen molar-refractivity contribution in [2.24, 2.45) is 0 Å². The standard InChI is InChI=1S/C22H22ClN3O5/c1-28-17-11-14(12-18(29-2)19(17)30-3)22(27)26-9-5-8-16(26)21-24-20(25-31-21)13-6-4-7-15(23)10-13/h4,6-7,10-12,16H,5,8-9H2,1-3H3/t16-/m0/s1. The molecule has 0 radical (unpaired) electrons. The van der Waals surface area contributed by atoms with Crippen LogP contribution in [-0.4, -0.2) is 48.8 Å². The lowest BCUT2D eigenvalue weighted by Gasteiger charge is -2.23. The number of rotatable bonds is 6. The average Bonchev–Trinajstić information content (AvgIpc) is 3.47. The molecule has 0 spiro atoms. The Morgan fingerprint density at radius 2 is 1.87 bits per heavy atom. The van der Waals surface area contributed by atoms with Crippen molar-refractivity contribution in [1.29, 1.82) is 0 Å². The van der Waals surface area contributed by atoms with Gasteiger partial charge in [-0.3, -0.25) is 4.79 Å². The maximum absolute atomic E-state index is 13.4. The Morgan fingerprint density at radius 3 is 2.52 bits per heavy atom. The Balaban J connectivity index is 1.63. The molecule has 31 heavy (non-hydrogen) atoms. The van der Waals surface area contributed by atoms with E-state index in [-0.39, 0.29) is 11.9 Å². The van der Waals surface area contributed by atoms with E-state index < -0.39 is 0 Å². The second-order valence-corrected chi connectivity index (χ2v) is 7.47. The molecule has 0 N–H and O–H groups in total. The van der Waals surface area contributed by atoms with Crippen molar-refractivity contribution in [3.05, 3.63) is 52.9 Å². The molecule has 162 valence electrons. The van der Waals surface area contributed by atoms with E-state index in [1.54, 1.807) is 29.2 Å². The highest BCUT2D eigenvalue weighted by atomic mass is 35.5. The number of carbonyl (C=O) groups is 1. The topological polar surface area (TPSA) is 86.9 Å². The third kappa shape index (κ3) is 4.03. The van der Waals surface area contributed by atoms with Gasteiger partial charge < -0.3 is 23.6 Å². The lowest BCUT2D eigenvalue weighted by Crippen LogP contribution is -2.30. The van der Waals surface area contributed by atoms with Crippen LogP contribution >= 0.6 is 11.6 Å². The van der Waals surface area contributed by atoms with Gasteiger partial charge in [0.05, 0.1) is 21.3 Å². The summed E-state index contributed by atoms with van der Waals surface area (Å²) in [6.07, 6.45) is 1.56. The molecule has 1 atom stereocenters. The number of nitrogens with zero attached hydrogens (tertiary/aromatic N) is 3. The molecule has 3 aromatic rings. The number of carbonyl (C=O) groups excluding carboxylic acids is 1.